The van der Waals surface area contributed by atoms with E-state index >= 15 is 0 Å². The zero-order valence-corrected chi connectivity index (χ0v) is 21.1. The van der Waals surface area contributed by atoms with Crippen molar-refractivity contribution in [1.29, 1.82) is 0 Å². The summed E-state index contributed by atoms with van der Waals surface area (Å²) in [4.78, 5) is 8.94. The van der Waals surface area contributed by atoms with Crippen molar-refractivity contribution in [3.8, 4) is 0 Å². The van der Waals surface area contributed by atoms with Gasteiger partial charge in [-0.1, -0.05) is 96.8 Å². The Kier molecular flexibility index (Phi) is 24.2. The summed E-state index contributed by atoms with van der Waals surface area (Å²) in [6.45, 7) is 2.28. The molecule has 1 saturated heterocycles. The first kappa shape index (κ1) is 27.8. The van der Waals surface area contributed by atoms with Crippen molar-refractivity contribution < 1.29 is 39.6 Å². The Morgan fingerprint density at radius 2 is 1.00 bits per heavy atom. The van der Waals surface area contributed by atoms with E-state index in [1.54, 1.807) is 0 Å². The summed E-state index contributed by atoms with van der Waals surface area (Å²) >= 11 is 0.125. The van der Waals surface area contributed by atoms with Crippen LogP contribution in [0.1, 0.15) is 113 Å². The van der Waals surface area contributed by atoms with Crippen molar-refractivity contribution in [3.05, 3.63) is 0 Å². The molecule has 0 aromatic heterocycles. The quantitative estimate of drug-likeness (QED) is 0.152. The molecule has 1 aliphatic heterocycles. The van der Waals surface area contributed by atoms with Gasteiger partial charge in [-0.3, -0.25) is 0 Å². The van der Waals surface area contributed by atoms with E-state index in [9.17, 15) is 5.11 Å². The van der Waals surface area contributed by atoms with Crippen LogP contribution in [0.25, 0.3) is 0 Å². The van der Waals surface area contributed by atoms with Crippen molar-refractivity contribution >= 4 is 37.7 Å². The number of rotatable bonds is 16. The molecule has 0 saturated carbocycles. The first-order valence-electron chi connectivity index (χ1n) is 9.65. The monoisotopic (exact) mass is 422 g/mol. The van der Waals surface area contributed by atoms with Gasteiger partial charge in [0.25, 0.3) is 0 Å². The van der Waals surface area contributed by atoms with Crippen LogP contribution in [-0.2, 0) is 31.6 Å². The normalized spacial score (nSPS) is 14.5. The van der Waals surface area contributed by atoms with Gasteiger partial charge in [0.1, 0.15) is 0 Å². The minimum atomic E-state index is -1.21. The molecule has 0 atom stereocenters. The van der Waals surface area contributed by atoms with Crippen molar-refractivity contribution in [2.45, 2.75) is 116 Å². The van der Waals surface area contributed by atoms with Crippen LogP contribution in [0, 0.1) is 0 Å². The predicted molar refractivity (Wildman–Crippen MR) is 95.3 cm³/mol. The molecule has 0 amide bonds. The van der Waals surface area contributed by atoms with Crippen molar-refractivity contribution in [2.24, 2.45) is 0 Å². The minimum absolute atomic E-state index is 0. The van der Waals surface area contributed by atoms with Crippen molar-refractivity contribution in [3.63, 3.8) is 0 Å². The topological polar surface area (TPSA) is 62.4 Å². The Hall–Kier alpha value is 1.56. The van der Waals surface area contributed by atoms with E-state index < -0.39 is 5.97 Å². The maximum atomic E-state index is 9.29. The third-order valence-electron chi connectivity index (χ3n) is 4.37. The molecule has 1 rings (SSSR count). The molecule has 0 aromatic carbocycles. The molecule has 0 aromatic rings. The van der Waals surface area contributed by atoms with Crippen molar-refractivity contribution in [2.75, 3.05) is 0 Å². The molecule has 1 aliphatic rings. The van der Waals surface area contributed by atoms with Crippen LogP contribution < -0.4 is 0 Å². The van der Waals surface area contributed by atoms with Crippen LogP contribution in [0.5, 0.6) is 0 Å². The van der Waals surface area contributed by atoms with Gasteiger partial charge in [0, 0.05) is 6.42 Å². The van der Waals surface area contributed by atoms with Crippen LogP contribution in [-0.4, -0.2) is 48.8 Å². The van der Waals surface area contributed by atoms with E-state index in [1.807, 2.05) is 0 Å². The zero-order chi connectivity index (χ0) is 17.2. The molecule has 1 fully saturated rings. The molecular formula is C18H38CaO4Zn. The molecule has 1 heterocycles. The molecule has 0 spiro atoms. The van der Waals surface area contributed by atoms with Gasteiger partial charge in [0.2, 0.25) is 0 Å². The fraction of sp³-hybridized carbons (Fsp3) is 1.00. The van der Waals surface area contributed by atoms with Crippen LogP contribution in [0.4, 0.5) is 0 Å². The number of aliphatic hydroxyl groups is 1. The summed E-state index contributed by atoms with van der Waals surface area (Å²) in [7, 11) is 0. The van der Waals surface area contributed by atoms with Crippen molar-refractivity contribution in [1.82, 2.24) is 0 Å². The molecule has 4 nitrogen and oxygen atoms in total. The Morgan fingerprint density at radius 1 is 0.708 bits per heavy atom. The number of unbranched alkanes of at least 4 members (excludes halogenated alkanes) is 14. The summed E-state index contributed by atoms with van der Waals surface area (Å²) in [5, 5.41) is 9.29. The van der Waals surface area contributed by atoms with E-state index in [1.165, 1.54) is 89.9 Å². The Balaban J connectivity index is -0.000000467. The third-order valence-corrected chi connectivity index (χ3v) is 4.37. The average Bonchev–Trinajstić information content (AvgIpc) is 3.31. The van der Waals surface area contributed by atoms with Crippen LogP contribution in [0.3, 0.4) is 0 Å². The molecular weight excluding hydrogens is 386 g/mol. The van der Waals surface area contributed by atoms with Gasteiger partial charge < -0.3 is 7.96 Å². The first-order valence-corrected chi connectivity index (χ1v) is 10.9. The van der Waals surface area contributed by atoms with E-state index in [0.717, 1.165) is 6.42 Å². The fourth-order valence-electron chi connectivity index (χ4n) is 2.85. The van der Waals surface area contributed by atoms with E-state index in [-0.39, 0.29) is 58.8 Å². The fourth-order valence-corrected chi connectivity index (χ4v) is 2.85. The van der Waals surface area contributed by atoms with E-state index in [0.29, 0.717) is 6.42 Å². The first-order chi connectivity index (χ1) is 11.3. The summed E-state index contributed by atoms with van der Waals surface area (Å²) < 4.78 is 8.38. The second-order valence-corrected chi connectivity index (χ2v) is 6.58. The van der Waals surface area contributed by atoms with Gasteiger partial charge in [-0.15, -0.1) is 0 Å². The Morgan fingerprint density at radius 3 is 1.29 bits per heavy atom. The molecule has 24 heavy (non-hydrogen) atoms. The summed E-state index contributed by atoms with van der Waals surface area (Å²) in [5.74, 6) is -1.21. The van der Waals surface area contributed by atoms with Gasteiger partial charge >= 0.3 is 65.5 Å². The SMILES string of the molecule is CCCCCCCCCCCCCCCCCC1(O)OO1.[Ca+2].[H-].[H-].[O]=[Zn]. The second-order valence-electron chi connectivity index (χ2n) is 6.58. The summed E-state index contributed by atoms with van der Waals surface area (Å²) in [6, 6.07) is 0. The molecule has 138 valence electrons. The van der Waals surface area contributed by atoms with Crippen LogP contribution in [0.15, 0.2) is 0 Å². The van der Waals surface area contributed by atoms with Gasteiger partial charge in [-0.2, -0.15) is 9.78 Å². The predicted octanol–water partition coefficient (Wildman–Crippen LogP) is 5.58. The van der Waals surface area contributed by atoms with Gasteiger partial charge in [-0.25, -0.2) is 0 Å². The maximum absolute atomic E-state index is 9.29. The summed E-state index contributed by atoms with van der Waals surface area (Å²) in [5.41, 5.74) is 0. The van der Waals surface area contributed by atoms with Gasteiger partial charge in [0.15, 0.2) is 0 Å². The standard InChI is InChI=1S/C18H36O3.Ca.O.Zn.2H/c1-2-3-4-5-6-7-8-9-10-11-12-13-14-15-16-17-18(19)20-21-18;;;;;/h19H,2-17H2,1H3;;;;;/q;+2;;;2*-1. The Labute approximate surface area is 191 Å². The summed E-state index contributed by atoms with van der Waals surface area (Å²) in [6.07, 6.45) is 21.0. The van der Waals surface area contributed by atoms with E-state index in [4.69, 9.17) is 3.57 Å². The van der Waals surface area contributed by atoms with Gasteiger partial charge in [-0.05, 0) is 6.42 Å². The molecule has 6 heteroatoms. The molecule has 0 radical (unpaired) electrons. The zero-order valence-electron chi connectivity index (χ0n) is 17.9. The molecule has 0 aliphatic carbocycles. The Bertz CT molecular complexity index is 263. The van der Waals surface area contributed by atoms with Gasteiger partial charge in [0.05, 0.1) is 0 Å². The number of hydrogen-bond donors (Lipinski definition) is 1. The van der Waals surface area contributed by atoms with E-state index in [2.05, 4.69) is 16.7 Å². The van der Waals surface area contributed by atoms with Crippen LogP contribution >= 0.6 is 0 Å². The molecule has 1 N–H and O–H groups in total. The number of hydrogen-bond acceptors (Lipinski definition) is 4. The van der Waals surface area contributed by atoms with Crippen LogP contribution in [0.2, 0.25) is 0 Å². The average molecular weight is 424 g/mol. The third kappa shape index (κ3) is 19.9. The molecule has 0 unspecified atom stereocenters. The molecule has 0 bridgehead atoms. The second kappa shape index (κ2) is 20.9.